The van der Waals surface area contributed by atoms with Gasteiger partial charge < -0.3 is 10.1 Å². The minimum Gasteiger partial charge on any atom is -0.493 e. The summed E-state index contributed by atoms with van der Waals surface area (Å²) < 4.78 is 5.73. The number of hydrogen-bond acceptors (Lipinski definition) is 3. The molecule has 98 valence electrons. The van der Waals surface area contributed by atoms with E-state index >= 15 is 0 Å². The average Bonchev–Trinajstić information content (AvgIpc) is 2.42. The molecule has 0 radical (unpaired) electrons. The Hall–Kier alpha value is -1.53. The largest absolute Gasteiger partial charge is 0.493 e. The van der Waals surface area contributed by atoms with Crippen LogP contribution in [0.5, 0.6) is 5.75 Å². The highest BCUT2D eigenvalue weighted by Crippen LogP contribution is 2.19. The average molecular weight is 246 g/mol. The molecule has 1 aromatic rings. The summed E-state index contributed by atoms with van der Waals surface area (Å²) in [5.74, 6) is 0.931. The van der Waals surface area contributed by atoms with Crippen LogP contribution >= 0.6 is 0 Å². The van der Waals surface area contributed by atoms with Crippen molar-refractivity contribution in [2.24, 2.45) is 0 Å². The number of nitrogens with one attached hydrogen (secondary N) is 1. The van der Waals surface area contributed by atoms with E-state index in [4.69, 9.17) is 4.74 Å². The number of nitrogens with zero attached hydrogens (tertiary/aromatic N) is 1. The van der Waals surface area contributed by atoms with E-state index in [9.17, 15) is 5.26 Å². The van der Waals surface area contributed by atoms with Gasteiger partial charge in [-0.1, -0.05) is 25.1 Å². The Morgan fingerprint density at radius 3 is 2.67 bits per heavy atom. The number of rotatable bonds is 7. The predicted molar refractivity (Wildman–Crippen MR) is 73.6 cm³/mol. The van der Waals surface area contributed by atoms with Crippen molar-refractivity contribution in [1.29, 1.82) is 5.26 Å². The molecule has 0 aliphatic rings. The first kappa shape index (κ1) is 14.5. The lowest BCUT2D eigenvalue weighted by Gasteiger charge is -2.24. The second-order valence-corrected chi connectivity index (χ2v) is 4.51. The summed E-state index contributed by atoms with van der Waals surface area (Å²) in [6, 6.07) is 10.3. The molecule has 0 saturated heterocycles. The molecule has 1 rings (SSSR count). The van der Waals surface area contributed by atoms with Gasteiger partial charge in [0.1, 0.15) is 11.3 Å². The molecule has 0 fully saturated rings. The first-order chi connectivity index (χ1) is 8.67. The molecule has 1 aromatic carbocycles. The zero-order chi connectivity index (χ0) is 13.4. The first-order valence-electron chi connectivity index (χ1n) is 6.46. The van der Waals surface area contributed by atoms with Gasteiger partial charge in [-0.05, 0) is 44.9 Å². The van der Waals surface area contributed by atoms with Crippen LogP contribution < -0.4 is 10.1 Å². The molecule has 1 unspecified atom stereocenters. The fourth-order valence-corrected chi connectivity index (χ4v) is 1.94. The SMILES string of the molecule is CCC(C#N)(CCCOc1ccccc1C)NC. The van der Waals surface area contributed by atoms with Gasteiger partial charge in [0.05, 0.1) is 12.7 Å². The molecule has 0 spiro atoms. The number of nitriles is 1. The molecule has 0 aliphatic carbocycles. The molecule has 0 bridgehead atoms. The van der Waals surface area contributed by atoms with Crippen LogP contribution in [0.1, 0.15) is 31.7 Å². The van der Waals surface area contributed by atoms with E-state index in [0.717, 1.165) is 30.6 Å². The Bertz CT molecular complexity index is 405. The highest BCUT2D eigenvalue weighted by molar-refractivity contribution is 5.31. The van der Waals surface area contributed by atoms with Crippen LogP contribution in [0.3, 0.4) is 0 Å². The lowest BCUT2D eigenvalue weighted by Crippen LogP contribution is -2.41. The fourth-order valence-electron chi connectivity index (χ4n) is 1.94. The monoisotopic (exact) mass is 246 g/mol. The van der Waals surface area contributed by atoms with Crippen LogP contribution in [0.4, 0.5) is 0 Å². The van der Waals surface area contributed by atoms with Gasteiger partial charge in [-0.15, -0.1) is 0 Å². The Morgan fingerprint density at radius 1 is 1.39 bits per heavy atom. The number of aryl methyl sites for hydroxylation is 1. The molecule has 3 nitrogen and oxygen atoms in total. The van der Waals surface area contributed by atoms with E-state index in [1.54, 1.807) is 0 Å². The standard InChI is InChI=1S/C15H22N2O/c1-4-15(12-16,17-3)10-7-11-18-14-9-6-5-8-13(14)2/h5-6,8-9,17H,4,7,10-11H2,1-3H3. The quantitative estimate of drug-likeness (QED) is 0.752. The van der Waals surface area contributed by atoms with Crippen LogP contribution in [0.2, 0.25) is 0 Å². The van der Waals surface area contributed by atoms with Crippen molar-refractivity contribution < 1.29 is 4.74 Å². The maximum atomic E-state index is 9.18. The van der Waals surface area contributed by atoms with E-state index in [1.807, 2.05) is 45.2 Å². The second kappa shape index (κ2) is 7.03. The summed E-state index contributed by atoms with van der Waals surface area (Å²) in [6.45, 7) is 4.71. The number of hydrogen-bond donors (Lipinski definition) is 1. The van der Waals surface area contributed by atoms with Crippen LogP contribution in [0.25, 0.3) is 0 Å². The summed E-state index contributed by atoms with van der Waals surface area (Å²) in [5.41, 5.74) is 0.739. The van der Waals surface area contributed by atoms with Gasteiger partial charge in [0.15, 0.2) is 0 Å². The first-order valence-corrected chi connectivity index (χ1v) is 6.46. The van der Waals surface area contributed by atoms with Crippen molar-refractivity contribution in [3.05, 3.63) is 29.8 Å². The molecule has 0 amide bonds. The van der Waals surface area contributed by atoms with Gasteiger partial charge >= 0.3 is 0 Å². The van der Waals surface area contributed by atoms with Crippen LogP contribution in [-0.4, -0.2) is 19.2 Å². The maximum absolute atomic E-state index is 9.18. The van der Waals surface area contributed by atoms with Crippen LogP contribution in [0.15, 0.2) is 24.3 Å². The summed E-state index contributed by atoms with van der Waals surface area (Å²) >= 11 is 0. The number of ether oxygens (including phenoxy) is 1. The van der Waals surface area contributed by atoms with E-state index in [-0.39, 0.29) is 0 Å². The third-order valence-corrected chi connectivity index (χ3v) is 3.40. The van der Waals surface area contributed by atoms with E-state index in [1.165, 1.54) is 0 Å². The third kappa shape index (κ3) is 3.75. The zero-order valence-corrected chi connectivity index (χ0v) is 11.5. The number of benzene rings is 1. The van der Waals surface area contributed by atoms with Gasteiger partial charge in [0, 0.05) is 0 Å². The summed E-state index contributed by atoms with van der Waals surface area (Å²) in [5, 5.41) is 12.3. The normalized spacial score (nSPS) is 13.7. The summed E-state index contributed by atoms with van der Waals surface area (Å²) in [7, 11) is 1.84. The highest BCUT2D eigenvalue weighted by atomic mass is 16.5. The molecule has 0 aromatic heterocycles. The fraction of sp³-hybridized carbons (Fsp3) is 0.533. The van der Waals surface area contributed by atoms with Gasteiger partial charge in [0.2, 0.25) is 0 Å². The number of para-hydroxylation sites is 1. The van der Waals surface area contributed by atoms with Crippen LogP contribution in [-0.2, 0) is 0 Å². The van der Waals surface area contributed by atoms with E-state index in [2.05, 4.69) is 11.4 Å². The van der Waals surface area contributed by atoms with Crippen LogP contribution in [0, 0.1) is 18.3 Å². The maximum Gasteiger partial charge on any atom is 0.122 e. The molecule has 18 heavy (non-hydrogen) atoms. The lowest BCUT2D eigenvalue weighted by atomic mass is 9.92. The van der Waals surface area contributed by atoms with Crippen molar-refractivity contribution in [1.82, 2.24) is 5.32 Å². The molecule has 0 aliphatic heterocycles. The molecule has 1 N–H and O–H groups in total. The van der Waals surface area contributed by atoms with Gasteiger partial charge in [-0.2, -0.15) is 5.26 Å². The minimum absolute atomic E-state index is 0.408. The predicted octanol–water partition coefficient (Wildman–Crippen LogP) is 3.05. The molecular weight excluding hydrogens is 224 g/mol. The molecule has 3 heteroatoms. The molecule has 0 saturated carbocycles. The van der Waals surface area contributed by atoms with Crippen molar-refractivity contribution >= 4 is 0 Å². The zero-order valence-electron chi connectivity index (χ0n) is 11.5. The Labute approximate surface area is 110 Å². The van der Waals surface area contributed by atoms with Gasteiger partial charge in [-0.3, -0.25) is 0 Å². The van der Waals surface area contributed by atoms with Crippen molar-refractivity contribution in [3.8, 4) is 11.8 Å². The summed E-state index contributed by atoms with van der Waals surface area (Å²) in [4.78, 5) is 0. The van der Waals surface area contributed by atoms with Gasteiger partial charge in [-0.25, -0.2) is 0 Å². The van der Waals surface area contributed by atoms with Crippen molar-refractivity contribution in [2.45, 2.75) is 38.6 Å². The highest BCUT2D eigenvalue weighted by Gasteiger charge is 2.24. The van der Waals surface area contributed by atoms with Gasteiger partial charge in [0.25, 0.3) is 0 Å². The van der Waals surface area contributed by atoms with Crippen molar-refractivity contribution in [3.63, 3.8) is 0 Å². The Balaban J connectivity index is 2.40. The smallest absolute Gasteiger partial charge is 0.122 e. The Kier molecular flexibility index (Phi) is 5.67. The lowest BCUT2D eigenvalue weighted by molar-refractivity contribution is 0.280. The molecule has 0 heterocycles. The van der Waals surface area contributed by atoms with Crippen molar-refractivity contribution in [2.75, 3.05) is 13.7 Å². The minimum atomic E-state index is -0.408. The molecule has 1 atom stereocenters. The summed E-state index contributed by atoms with van der Waals surface area (Å²) in [6.07, 6.45) is 2.49. The Morgan fingerprint density at radius 2 is 2.11 bits per heavy atom. The topological polar surface area (TPSA) is 45.0 Å². The van der Waals surface area contributed by atoms with E-state index in [0.29, 0.717) is 6.61 Å². The van der Waals surface area contributed by atoms with E-state index < -0.39 is 5.54 Å². The molecular formula is C15H22N2O. The second-order valence-electron chi connectivity index (χ2n) is 4.51. The third-order valence-electron chi connectivity index (χ3n) is 3.40.